The third-order valence-electron chi connectivity index (χ3n) is 4.68. The van der Waals surface area contributed by atoms with Crippen LogP contribution in [0.25, 0.3) is 38.5 Å². The highest BCUT2D eigenvalue weighted by Gasteiger charge is 2.07. The van der Waals surface area contributed by atoms with E-state index in [9.17, 15) is 0 Å². The van der Waals surface area contributed by atoms with Crippen LogP contribution in [0.5, 0.6) is 0 Å². The van der Waals surface area contributed by atoms with Crippen molar-refractivity contribution in [2.75, 3.05) is 0 Å². The molecule has 2 nitrogen and oxygen atoms in total. The molecule has 0 aliphatic carbocycles. The van der Waals surface area contributed by atoms with E-state index < -0.39 is 0 Å². The zero-order valence-electron chi connectivity index (χ0n) is 13.9. The van der Waals surface area contributed by atoms with Gasteiger partial charge in [0.1, 0.15) is 0 Å². The summed E-state index contributed by atoms with van der Waals surface area (Å²) in [7, 11) is 0. The van der Waals surface area contributed by atoms with Crippen molar-refractivity contribution >= 4 is 37.6 Å². The Morgan fingerprint density at radius 3 is 2.35 bits per heavy atom. The third kappa shape index (κ3) is 2.61. The lowest BCUT2D eigenvalue weighted by atomic mass is 10.0. The van der Waals surface area contributed by atoms with Gasteiger partial charge in [-0.2, -0.15) is 5.10 Å². The summed E-state index contributed by atoms with van der Waals surface area (Å²) in [6.07, 6.45) is 1.94. The summed E-state index contributed by atoms with van der Waals surface area (Å²) in [5, 5.41) is 8.18. The number of para-hydroxylation sites is 1. The maximum Gasteiger partial charge on any atom is 0.0747 e. The van der Waals surface area contributed by atoms with Gasteiger partial charge in [0.15, 0.2) is 0 Å². The summed E-state index contributed by atoms with van der Waals surface area (Å²) >= 11 is 3.56. The van der Waals surface area contributed by atoms with Gasteiger partial charge in [-0.1, -0.05) is 58.4 Å². The Hall–Kier alpha value is -2.91. The van der Waals surface area contributed by atoms with Gasteiger partial charge in [-0.15, -0.1) is 0 Å². The average molecular weight is 399 g/mol. The van der Waals surface area contributed by atoms with Gasteiger partial charge in [0.2, 0.25) is 0 Å². The van der Waals surface area contributed by atoms with E-state index in [0.717, 1.165) is 21.1 Å². The number of hydrogen-bond acceptors (Lipinski definition) is 1. The van der Waals surface area contributed by atoms with E-state index in [1.54, 1.807) is 0 Å². The van der Waals surface area contributed by atoms with Gasteiger partial charge < -0.3 is 0 Å². The van der Waals surface area contributed by atoms with E-state index in [1.165, 1.54) is 21.9 Å². The smallest absolute Gasteiger partial charge is 0.0747 e. The van der Waals surface area contributed by atoms with Crippen LogP contribution in [0.15, 0.2) is 95.6 Å². The van der Waals surface area contributed by atoms with Crippen LogP contribution in [0, 0.1) is 0 Å². The number of rotatable bonds is 2. The van der Waals surface area contributed by atoms with Crippen LogP contribution in [-0.2, 0) is 0 Å². The Bertz CT molecular complexity index is 1240. The molecule has 1 aromatic heterocycles. The molecule has 0 saturated heterocycles. The van der Waals surface area contributed by atoms with E-state index in [1.807, 2.05) is 35.1 Å². The molecule has 26 heavy (non-hydrogen) atoms. The maximum absolute atomic E-state index is 4.59. The van der Waals surface area contributed by atoms with E-state index >= 15 is 0 Å². The molecule has 0 aliphatic rings. The predicted molar refractivity (Wildman–Crippen MR) is 112 cm³/mol. The second-order valence-corrected chi connectivity index (χ2v) is 7.29. The summed E-state index contributed by atoms with van der Waals surface area (Å²) in [6, 6.07) is 29.7. The minimum atomic E-state index is 1.08. The average Bonchev–Trinajstić information content (AvgIpc) is 3.09. The predicted octanol–water partition coefficient (Wildman–Crippen LogP) is 6.61. The molecule has 0 fully saturated rings. The van der Waals surface area contributed by atoms with Crippen LogP contribution >= 0.6 is 15.9 Å². The Kier molecular flexibility index (Phi) is 3.61. The summed E-state index contributed by atoms with van der Waals surface area (Å²) in [5.74, 6) is 0. The maximum atomic E-state index is 4.59. The molecular formula is C23H15BrN2. The van der Waals surface area contributed by atoms with E-state index in [0.29, 0.717) is 0 Å². The minimum Gasteiger partial charge on any atom is -0.233 e. The second-order valence-electron chi connectivity index (χ2n) is 6.38. The molecule has 4 aromatic carbocycles. The van der Waals surface area contributed by atoms with Gasteiger partial charge in [0, 0.05) is 9.86 Å². The molecule has 3 heteroatoms. The zero-order valence-corrected chi connectivity index (χ0v) is 15.5. The highest BCUT2D eigenvalue weighted by atomic mass is 79.9. The normalized spacial score (nSPS) is 11.3. The molecule has 1 heterocycles. The molecule has 124 valence electrons. The fourth-order valence-corrected chi connectivity index (χ4v) is 3.79. The van der Waals surface area contributed by atoms with E-state index in [4.69, 9.17) is 0 Å². The molecule has 0 aliphatic heterocycles. The number of hydrogen-bond donors (Lipinski definition) is 0. The summed E-state index contributed by atoms with van der Waals surface area (Å²) in [5.41, 5.74) is 4.63. The van der Waals surface area contributed by atoms with Gasteiger partial charge in [-0.3, -0.25) is 0 Å². The topological polar surface area (TPSA) is 17.8 Å². The molecule has 0 spiro atoms. The van der Waals surface area contributed by atoms with Gasteiger partial charge in [0.05, 0.1) is 17.4 Å². The van der Waals surface area contributed by atoms with Crippen molar-refractivity contribution in [3.8, 4) is 16.8 Å². The van der Waals surface area contributed by atoms with Crippen LogP contribution in [0.1, 0.15) is 0 Å². The van der Waals surface area contributed by atoms with Crippen molar-refractivity contribution in [2.24, 2.45) is 0 Å². The molecule has 0 amide bonds. The Balaban J connectivity index is 1.68. The van der Waals surface area contributed by atoms with Crippen LogP contribution in [0.4, 0.5) is 0 Å². The van der Waals surface area contributed by atoms with Crippen LogP contribution in [0.3, 0.4) is 0 Å². The zero-order chi connectivity index (χ0) is 17.5. The second kappa shape index (κ2) is 6.11. The SMILES string of the molecule is Brc1cccc(-c2ccc3cc4c(cnn4-c4ccccc4)cc3c2)c1. The van der Waals surface area contributed by atoms with Crippen molar-refractivity contribution in [2.45, 2.75) is 0 Å². The standard InChI is InChI=1S/C23H15BrN2/c24-21-6-4-5-16(13-21)17-9-10-18-14-23-20(12-19(18)11-17)15-25-26(23)22-7-2-1-3-8-22/h1-15H. The first-order chi connectivity index (χ1) is 12.8. The lowest BCUT2D eigenvalue weighted by Gasteiger charge is -2.07. The van der Waals surface area contributed by atoms with E-state index in [-0.39, 0.29) is 0 Å². The lowest BCUT2D eigenvalue weighted by molar-refractivity contribution is 0.911. The Morgan fingerprint density at radius 1 is 0.654 bits per heavy atom. The van der Waals surface area contributed by atoms with Crippen LogP contribution in [0.2, 0.25) is 0 Å². The largest absolute Gasteiger partial charge is 0.233 e. The van der Waals surface area contributed by atoms with Gasteiger partial charge in [-0.05, 0) is 64.4 Å². The van der Waals surface area contributed by atoms with Crippen molar-refractivity contribution in [1.82, 2.24) is 9.78 Å². The van der Waals surface area contributed by atoms with Gasteiger partial charge >= 0.3 is 0 Å². The highest BCUT2D eigenvalue weighted by molar-refractivity contribution is 9.10. The molecule has 0 saturated carbocycles. The number of aromatic nitrogens is 2. The molecule has 0 atom stereocenters. The van der Waals surface area contributed by atoms with E-state index in [2.05, 4.69) is 81.7 Å². The first kappa shape index (κ1) is 15.4. The number of fused-ring (bicyclic) bond motifs is 2. The quantitative estimate of drug-likeness (QED) is 0.327. The first-order valence-corrected chi connectivity index (χ1v) is 9.30. The molecule has 0 N–H and O–H groups in total. The van der Waals surface area contributed by atoms with Crippen LogP contribution < -0.4 is 0 Å². The molecule has 5 rings (SSSR count). The molecular weight excluding hydrogens is 384 g/mol. The highest BCUT2D eigenvalue weighted by Crippen LogP contribution is 2.30. The van der Waals surface area contributed by atoms with Gasteiger partial charge in [-0.25, -0.2) is 4.68 Å². The Labute approximate surface area is 159 Å². The fraction of sp³-hybridized carbons (Fsp3) is 0. The van der Waals surface area contributed by atoms with Gasteiger partial charge in [0.25, 0.3) is 0 Å². The fourth-order valence-electron chi connectivity index (χ4n) is 3.39. The van der Waals surface area contributed by atoms with Crippen molar-refractivity contribution in [1.29, 1.82) is 0 Å². The minimum absolute atomic E-state index is 1.08. The summed E-state index contributed by atoms with van der Waals surface area (Å²) in [6.45, 7) is 0. The Morgan fingerprint density at radius 2 is 1.50 bits per heavy atom. The first-order valence-electron chi connectivity index (χ1n) is 8.51. The van der Waals surface area contributed by atoms with Crippen LogP contribution in [-0.4, -0.2) is 9.78 Å². The molecule has 0 unspecified atom stereocenters. The van der Waals surface area contributed by atoms with Crippen molar-refractivity contribution in [3.63, 3.8) is 0 Å². The monoisotopic (exact) mass is 398 g/mol. The summed E-state index contributed by atoms with van der Waals surface area (Å²) in [4.78, 5) is 0. The summed E-state index contributed by atoms with van der Waals surface area (Å²) < 4.78 is 3.09. The molecule has 0 bridgehead atoms. The number of nitrogens with zero attached hydrogens (tertiary/aromatic N) is 2. The number of halogens is 1. The van der Waals surface area contributed by atoms with Crippen molar-refractivity contribution < 1.29 is 0 Å². The molecule has 0 radical (unpaired) electrons. The third-order valence-corrected chi connectivity index (χ3v) is 5.18. The molecule has 5 aromatic rings. The lowest BCUT2D eigenvalue weighted by Crippen LogP contribution is -1.94. The number of benzene rings is 4. The van der Waals surface area contributed by atoms with Crippen molar-refractivity contribution in [3.05, 3.63) is 95.6 Å².